The number of hydrogen-bond acceptors (Lipinski definition) is 5. The smallest absolute Gasteiger partial charge is 0.259 e. The summed E-state index contributed by atoms with van der Waals surface area (Å²) in [5, 5.41) is 11.4. The highest BCUT2D eigenvalue weighted by Gasteiger charge is 2.13. The number of nitrogens with zero attached hydrogens (tertiary/aromatic N) is 2. The van der Waals surface area contributed by atoms with Crippen LogP contribution >= 0.6 is 11.3 Å². The van der Waals surface area contributed by atoms with E-state index >= 15 is 0 Å². The lowest BCUT2D eigenvalue weighted by molar-refractivity contribution is 0.102. The number of carbonyl (C=O) groups is 1. The van der Waals surface area contributed by atoms with E-state index in [0.717, 1.165) is 17.5 Å². The van der Waals surface area contributed by atoms with E-state index in [1.807, 2.05) is 6.92 Å². The molecule has 0 atom stereocenters. The Bertz CT molecular complexity index is 584. The summed E-state index contributed by atoms with van der Waals surface area (Å²) in [6, 6.07) is 3.64. The highest BCUT2D eigenvalue weighted by atomic mass is 32.1. The largest absolute Gasteiger partial charge is 0.398 e. The molecular weight excluding hydrogens is 255 g/mol. The third-order valence-corrected chi connectivity index (χ3v) is 3.23. The number of halogens is 1. The molecule has 1 heterocycles. The van der Waals surface area contributed by atoms with Crippen LogP contribution < -0.4 is 11.1 Å². The summed E-state index contributed by atoms with van der Waals surface area (Å²) in [5.74, 6) is -1.01. The molecule has 0 aliphatic rings. The van der Waals surface area contributed by atoms with E-state index in [-0.39, 0.29) is 11.3 Å². The molecule has 1 aromatic heterocycles. The molecule has 0 unspecified atom stereocenters. The van der Waals surface area contributed by atoms with Crippen molar-refractivity contribution in [2.75, 3.05) is 11.1 Å². The summed E-state index contributed by atoms with van der Waals surface area (Å²) in [4.78, 5) is 11.9. The van der Waals surface area contributed by atoms with E-state index in [1.165, 1.54) is 23.5 Å². The first-order valence-electron chi connectivity index (χ1n) is 5.29. The summed E-state index contributed by atoms with van der Waals surface area (Å²) in [5.41, 5.74) is 5.92. The molecule has 2 aromatic rings. The Morgan fingerprint density at radius 1 is 1.50 bits per heavy atom. The third kappa shape index (κ3) is 2.62. The molecule has 0 aliphatic heterocycles. The topological polar surface area (TPSA) is 80.9 Å². The van der Waals surface area contributed by atoms with Gasteiger partial charge in [-0.05, 0) is 24.6 Å². The maximum Gasteiger partial charge on any atom is 0.259 e. The molecule has 0 aliphatic carbocycles. The predicted octanol–water partition coefficient (Wildman–Crippen LogP) is 2.07. The molecule has 2 rings (SSSR count). The number of anilines is 2. The standard InChI is InChI=1S/C11H11FN4OS/c1-2-9-15-16-11(18-9)14-10(17)7-5-6(12)3-4-8(7)13/h3-5H,2,13H2,1H3,(H,14,16,17). The third-order valence-electron chi connectivity index (χ3n) is 2.25. The zero-order valence-corrected chi connectivity index (χ0v) is 10.4. The summed E-state index contributed by atoms with van der Waals surface area (Å²) in [6.07, 6.45) is 0.746. The van der Waals surface area contributed by atoms with Crippen molar-refractivity contribution in [1.82, 2.24) is 10.2 Å². The Balaban J connectivity index is 2.19. The van der Waals surface area contributed by atoms with Crippen LogP contribution in [0.5, 0.6) is 0 Å². The highest BCUT2D eigenvalue weighted by Crippen LogP contribution is 2.19. The lowest BCUT2D eigenvalue weighted by Crippen LogP contribution is -2.14. The highest BCUT2D eigenvalue weighted by molar-refractivity contribution is 7.15. The fourth-order valence-electron chi connectivity index (χ4n) is 1.34. The maximum absolute atomic E-state index is 13.0. The lowest BCUT2D eigenvalue weighted by Gasteiger charge is -2.04. The van der Waals surface area contributed by atoms with Gasteiger partial charge in [0.25, 0.3) is 5.91 Å². The minimum absolute atomic E-state index is 0.0863. The van der Waals surface area contributed by atoms with Gasteiger partial charge in [-0.2, -0.15) is 0 Å². The number of nitrogen functional groups attached to an aromatic ring is 1. The first-order valence-corrected chi connectivity index (χ1v) is 6.10. The monoisotopic (exact) mass is 266 g/mol. The predicted molar refractivity (Wildman–Crippen MR) is 68.1 cm³/mol. The van der Waals surface area contributed by atoms with E-state index in [0.29, 0.717) is 5.13 Å². The van der Waals surface area contributed by atoms with Crippen LogP contribution in [0.15, 0.2) is 18.2 Å². The van der Waals surface area contributed by atoms with E-state index in [1.54, 1.807) is 0 Å². The van der Waals surface area contributed by atoms with Crippen LogP contribution in [-0.4, -0.2) is 16.1 Å². The van der Waals surface area contributed by atoms with Crippen molar-refractivity contribution in [2.45, 2.75) is 13.3 Å². The quantitative estimate of drug-likeness (QED) is 0.833. The Labute approximate surface area is 107 Å². The van der Waals surface area contributed by atoms with Crippen molar-refractivity contribution in [2.24, 2.45) is 0 Å². The molecule has 0 saturated heterocycles. The van der Waals surface area contributed by atoms with Crippen molar-refractivity contribution < 1.29 is 9.18 Å². The van der Waals surface area contributed by atoms with E-state index in [9.17, 15) is 9.18 Å². The number of hydrogen-bond donors (Lipinski definition) is 2. The van der Waals surface area contributed by atoms with Gasteiger partial charge in [-0.3, -0.25) is 10.1 Å². The second kappa shape index (κ2) is 5.09. The first kappa shape index (κ1) is 12.4. The van der Waals surface area contributed by atoms with E-state index in [2.05, 4.69) is 15.5 Å². The summed E-state index contributed by atoms with van der Waals surface area (Å²) in [6.45, 7) is 1.94. The van der Waals surface area contributed by atoms with Crippen LogP contribution in [0, 0.1) is 5.82 Å². The molecule has 7 heteroatoms. The van der Waals surface area contributed by atoms with Crippen LogP contribution in [0.2, 0.25) is 0 Å². The number of amides is 1. The van der Waals surface area contributed by atoms with Crippen LogP contribution in [-0.2, 0) is 6.42 Å². The maximum atomic E-state index is 13.0. The molecule has 3 N–H and O–H groups in total. The summed E-state index contributed by atoms with van der Waals surface area (Å²) in [7, 11) is 0. The fourth-order valence-corrected chi connectivity index (χ4v) is 2.01. The van der Waals surface area contributed by atoms with Gasteiger partial charge in [0.05, 0.1) is 5.56 Å². The molecule has 0 spiro atoms. The number of rotatable bonds is 3. The second-order valence-corrected chi connectivity index (χ2v) is 4.60. The van der Waals surface area contributed by atoms with Gasteiger partial charge in [0, 0.05) is 5.69 Å². The number of nitrogens with one attached hydrogen (secondary N) is 1. The van der Waals surface area contributed by atoms with Crippen LogP contribution in [0.4, 0.5) is 15.2 Å². The summed E-state index contributed by atoms with van der Waals surface area (Å²) < 4.78 is 13.0. The Kier molecular flexibility index (Phi) is 3.52. The van der Waals surface area contributed by atoms with Gasteiger partial charge in [-0.25, -0.2) is 4.39 Å². The minimum atomic E-state index is -0.513. The zero-order valence-electron chi connectivity index (χ0n) is 9.61. The van der Waals surface area contributed by atoms with Crippen LogP contribution in [0.3, 0.4) is 0 Å². The number of benzene rings is 1. The van der Waals surface area contributed by atoms with Crippen molar-refractivity contribution in [3.05, 3.63) is 34.6 Å². The van der Waals surface area contributed by atoms with E-state index in [4.69, 9.17) is 5.73 Å². The Morgan fingerprint density at radius 2 is 2.28 bits per heavy atom. The molecule has 94 valence electrons. The molecule has 0 fully saturated rings. The van der Waals surface area contributed by atoms with Crippen LogP contribution in [0.1, 0.15) is 22.3 Å². The molecular formula is C11H11FN4OS. The van der Waals surface area contributed by atoms with Crippen LogP contribution in [0.25, 0.3) is 0 Å². The fraction of sp³-hybridized carbons (Fsp3) is 0.182. The number of aryl methyl sites for hydroxylation is 1. The van der Waals surface area contributed by atoms with Crippen molar-refractivity contribution in [3.63, 3.8) is 0 Å². The number of carbonyl (C=O) groups excluding carboxylic acids is 1. The number of aromatic nitrogens is 2. The van der Waals surface area contributed by atoms with Gasteiger partial charge in [0.15, 0.2) is 0 Å². The molecule has 0 saturated carbocycles. The minimum Gasteiger partial charge on any atom is -0.398 e. The average Bonchev–Trinajstić information content (AvgIpc) is 2.80. The van der Waals surface area contributed by atoms with Gasteiger partial charge < -0.3 is 5.73 Å². The second-order valence-electron chi connectivity index (χ2n) is 3.54. The Morgan fingerprint density at radius 3 is 2.94 bits per heavy atom. The van der Waals surface area contributed by atoms with Gasteiger partial charge in [-0.15, -0.1) is 10.2 Å². The summed E-state index contributed by atoms with van der Waals surface area (Å²) >= 11 is 1.28. The van der Waals surface area contributed by atoms with Crippen molar-refractivity contribution >= 4 is 28.1 Å². The van der Waals surface area contributed by atoms with Crippen molar-refractivity contribution in [3.8, 4) is 0 Å². The van der Waals surface area contributed by atoms with Gasteiger partial charge in [0.2, 0.25) is 5.13 Å². The van der Waals surface area contributed by atoms with Crippen molar-refractivity contribution in [1.29, 1.82) is 0 Å². The van der Waals surface area contributed by atoms with E-state index < -0.39 is 11.7 Å². The first-order chi connectivity index (χ1) is 8.60. The normalized spacial score (nSPS) is 10.3. The molecule has 0 bridgehead atoms. The van der Waals surface area contributed by atoms with Gasteiger partial charge in [0.1, 0.15) is 10.8 Å². The molecule has 5 nitrogen and oxygen atoms in total. The van der Waals surface area contributed by atoms with Gasteiger partial charge >= 0.3 is 0 Å². The zero-order chi connectivity index (χ0) is 13.1. The molecule has 1 aromatic carbocycles. The molecule has 1 amide bonds. The number of nitrogens with two attached hydrogens (primary N) is 1. The molecule has 0 radical (unpaired) electrons. The molecule has 18 heavy (non-hydrogen) atoms. The average molecular weight is 266 g/mol. The SMILES string of the molecule is CCc1nnc(NC(=O)c2cc(F)ccc2N)s1. The van der Waals surface area contributed by atoms with Gasteiger partial charge in [-0.1, -0.05) is 18.3 Å². The Hall–Kier alpha value is -2.02. The lowest BCUT2D eigenvalue weighted by atomic mass is 10.1.